The molecule has 1 aliphatic rings. The number of likely N-dealkylation sites (tertiary alicyclic amines) is 1. The largest absolute Gasteiger partial charge is 0.493 e. The molecular formula is C36H37F2NO3. The molecule has 0 amide bonds. The monoisotopic (exact) mass is 569 g/mol. The molecule has 218 valence electrons. The Morgan fingerprint density at radius 1 is 0.810 bits per heavy atom. The summed E-state index contributed by atoms with van der Waals surface area (Å²) >= 11 is 0. The maximum atomic E-state index is 14.1. The highest BCUT2D eigenvalue weighted by Crippen LogP contribution is 2.49. The molecule has 1 heterocycles. The van der Waals surface area contributed by atoms with Gasteiger partial charge in [0.15, 0.2) is 17.3 Å². The molecule has 0 bridgehead atoms. The van der Waals surface area contributed by atoms with Gasteiger partial charge in [0.25, 0.3) is 0 Å². The van der Waals surface area contributed by atoms with E-state index >= 15 is 0 Å². The average molecular weight is 570 g/mol. The topological polar surface area (TPSA) is 38.8 Å². The molecule has 0 atom stereocenters. The van der Waals surface area contributed by atoms with Gasteiger partial charge in [-0.05, 0) is 104 Å². The summed E-state index contributed by atoms with van der Waals surface area (Å²) in [6.07, 6.45) is 2.72. The van der Waals surface area contributed by atoms with Crippen LogP contribution >= 0.6 is 0 Å². The zero-order chi connectivity index (χ0) is 29.5. The molecule has 5 rings (SSSR count). The van der Waals surface area contributed by atoms with Crippen LogP contribution < -0.4 is 9.47 Å². The number of methoxy groups -OCH3 is 1. The normalized spacial score (nSPS) is 14.5. The standard InChI is InChI=1S/C36H37F2NO3/c1-26(40)27-9-18-34(35(25-27)41-2)42-24-6-21-39-22-19-31(20-23-39)36(28-7-4-3-5-8-28,29-10-14-32(37)15-11-29)30-12-16-33(38)17-13-30/h3-5,7-18,25,31H,6,19-24H2,1-2H3. The number of hydrogen-bond donors (Lipinski definition) is 0. The fraction of sp³-hybridized carbons (Fsp3) is 0.306. The number of rotatable bonds is 11. The van der Waals surface area contributed by atoms with Gasteiger partial charge >= 0.3 is 0 Å². The predicted molar refractivity (Wildman–Crippen MR) is 161 cm³/mol. The van der Waals surface area contributed by atoms with Crippen LogP contribution in [0.25, 0.3) is 0 Å². The highest BCUT2D eigenvalue weighted by atomic mass is 19.1. The first-order chi connectivity index (χ1) is 20.4. The van der Waals surface area contributed by atoms with E-state index in [-0.39, 0.29) is 23.3 Å². The zero-order valence-corrected chi connectivity index (χ0v) is 24.2. The Hall–Kier alpha value is -4.03. The summed E-state index contributed by atoms with van der Waals surface area (Å²) in [4.78, 5) is 14.1. The van der Waals surface area contributed by atoms with Gasteiger partial charge in [0.2, 0.25) is 0 Å². The van der Waals surface area contributed by atoms with Crippen molar-refractivity contribution >= 4 is 5.78 Å². The Morgan fingerprint density at radius 2 is 1.38 bits per heavy atom. The minimum atomic E-state index is -0.541. The molecule has 0 saturated carbocycles. The van der Waals surface area contributed by atoms with Gasteiger partial charge in [0.05, 0.1) is 13.7 Å². The number of benzene rings is 4. The summed E-state index contributed by atoms with van der Waals surface area (Å²) in [6, 6.07) is 29.2. The van der Waals surface area contributed by atoms with E-state index < -0.39 is 5.41 Å². The van der Waals surface area contributed by atoms with Crippen molar-refractivity contribution in [1.82, 2.24) is 4.90 Å². The summed E-state index contributed by atoms with van der Waals surface area (Å²) in [5, 5.41) is 0. The lowest BCUT2D eigenvalue weighted by Gasteiger charge is -2.46. The van der Waals surface area contributed by atoms with E-state index in [2.05, 4.69) is 17.0 Å². The molecule has 1 saturated heterocycles. The van der Waals surface area contributed by atoms with E-state index in [0.29, 0.717) is 23.7 Å². The van der Waals surface area contributed by atoms with Crippen LogP contribution in [0.2, 0.25) is 0 Å². The maximum absolute atomic E-state index is 14.1. The van der Waals surface area contributed by atoms with Crippen LogP contribution in [0.15, 0.2) is 97.1 Å². The second-order valence-electron chi connectivity index (χ2n) is 10.9. The molecule has 0 aromatic heterocycles. The number of nitrogens with zero attached hydrogens (tertiary/aromatic N) is 1. The third kappa shape index (κ3) is 6.24. The molecule has 0 unspecified atom stereocenters. The summed E-state index contributed by atoms with van der Waals surface area (Å²) in [6.45, 7) is 4.79. The molecule has 1 aliphatic heterocycles. The molecular weight excluding hydrogens is 532 g/mol. The quantitative estimate of drug-likeness (QED) is 0.105. The number of hydrogen-bond acceptors (Lipinski definition) is 4. The number of Topliss-reactive ketones (excluding diaryl/α,β-unsaturated/α-hetero) is 1. The van der Waals surface area contributed by atoms with Crippen molar-refractivity contribution in [2.45, 2.75) is 31.6 Å². The fourth-order valence-corrected chi connectivity index (χ4v) is 6.40. The number of carbonyl (C=O) groups is 1. The van der Waals surface area contributed by atoms with Gasteiger partial charge < -0.3 is 14.4 Å². The second kappa shape index (κ2) is 13.3. The minimum Gasteiger partial charge on any atom is -0.493 e. The van der Waals surface area contributed by atoms with Gasteiger partial charge in [0.1, 0.15) is 11.6 Å². The molecule has 42 heavy (non-hydrogen) atoms. The summed E-state index contributed by atoms with van der Waals surface area (Å²) in [5.74, 6) is 0.856. The summed E-state index contributed by atoms with van der Waals surface area (Å²) in [5.41, 5.74) is 3.20. The van der Waals surface area contributed by atoms with E-state index in [9.17, 15) is 13.6 Å². The van der Waals surface area contributed by atoms with E-state index in [4.69, 9.17) is 9.47 Å². The van der Waals surface area contributed by atoms with Crippen LogP contribution in [-0.4, -0.2) is 44.0 Å². The first-order valence-corrected chi connectivity index (χ1v) is 14.5. The highest BCUT2D eigenvalue weighted by molar-refractivity contribution is 5.94. The molecule has 4 aromatic rings. The number of carbonyl (C=O) groups excluding carboxylic acids is 1. The van der Waals surface area contributed by atoms with Gasteiger partial charge in [-0.2, -0.15) is 0 Å². The first kappa shape index (κ1) is 29.5. The van der Waals surface area contributed by atoms with Gasteiger partial charge in [-0.3, -0.25) is 4.79 Å². The smallest absolute Gasteiger partial charge is 0.161 e. The molecule has 0 aliphatic carbocycles. The number of ether oxygens (including phenoxy) is 2. The Labute approximate surface area is 246 Å². The Kier molecular flexibility index (Phi) is 9.33. The summed E-state index contributed by atoms with van der Waals surface area (Å²) in [7, 11) is 1.57. The van der Waals surface area contributed by atoms with Crippen LogP contribution in [0.4, 0.5) is 8.78 Å². The lowest BCUT2D eigenvalue weighted by Crippen LogP contribution is -2.45. The van der Waals surface area contributed by atoms with Crippen molar-refractivity contribution in [1.29, 1.82) is 0 Å². The van der Waals surface area contributed by atoms with Crippen molar-refractivity contribution in [2.24, 2.45) is 5.92 Å². The van der Waals surface area contributed by atoms with Gasteiger partial charge in [-0.1, -0.05) is 54.6 Å². The van der Waals surface area contributed by atoms with Crippen molar-refractivity contribution in [3.8, 4) is 11.5 Å². The number of piperidine rings is 1. The maximum Gasteiger partial charge on any atom is 0.161 e. The van der Waals surface area contributed by atoms with Crippen LogP contribution in [0.1, 0.15) is 53.2 Å². The van der Waals surface area contributed by atoms with Crippen LogP contribution in [0.3, 0.4) is 0 Å². The number of ketones is 1. The van der Waals surface area contributed by atoms with Crippen molar-refractivity contribution in [2.75, 3.05) is 33.4 Å². The lowest BCUT2D eigenvalue weighted by molar-refractivity contribution is 0.101. The molecule has 0 N–H and O–H groups in total. The van der Waals surface area contributed by atoms with E-state index in [1.165, 1.54) is 31.2 Å². The lowest BCUT2D eigenvalue weighted by atomic mass is 9.59. The SMILES string of the molecule is COc1cc(C(C)=O)ccc1OCCCN1CCC(C(c2ccccc2)(c2ccc(F)cc2)c2ccc(F)cc2)CC1. The highest BCUT2D eigenvalue weighted by Gasteiger charge is 2.44. The van der Waals surface area contributed by atoms with Gasteiger partial charge in [-0.25, -0.2) is 8.78 Å². The molecule has 1 fully saturated rings. The van der Waals surface area contributed by atoms with Crippen LogP contribution in [0.5, 0.6) is 11.5 Å². The first-order valence-electron chi connectivity index (χ1n) is 14.5. The zero-order valence-electron chi connectivity index (χ0n) is 24.2. The Morgan fingerprint density at radius 3 is 1.93 bits per heavy atom. The fourth-order valence-electron chi connectivity index (χ4n) is 6.40. The predicted octanol–water partition coefficient (Wildman–Crippen LogP) is 7.69. The van der Waals surface area contributed by atoms with E-state index in [1.807, 2.05) is 42.5 Å². The average Bonchev–Trinajstić information content (AvgIpc) is 3.02. The molecule has 0 radical (unpaired) electrons. The van der Waals surface area contributed by atoms with E-state index in [0.717, 1.165) is 55.6 Å². The third-order valence-corrected chi connectivity index (χ3v) is 8.47. The Bertz CT molecular complexity index is 1420. The molecule has 0 spiro atoms. The third-order valence-electron chi connectivity index (χ3n) is 8.47. The Balaban J connectivity index is 1.31. The van der Waals surface area contributed by atoms with Crippen LogP contribution in [-0.2, 0) is 5.41 Å². The summed E-state index contributed by atoms with van der Waals surface area (Å²) < 4.78 is 39.6. The van der Waals surface area contributed by atoms with E-state index in [1.54, 1.807) is 25.3 Å². The molecule has 4 nitrogen and oxygen atoms in total. The number of halogens is 2. The molecule has 4 aromatic carbocycles. The van der Waals surface area contributed by atoms with Crippen molar-refractivity contribution in [3.05, 3.63) is 131 Å². The second-order valence-corrected chi connectivity index (χ2v) is 10.9. The molecule has 6 heteroatoms. The van der Waals surface area contributed by atoms with Gasteiger partial charge in [-0.15, -0.1) is 0 Å². The minimum absolute atomic E-state index is 0.0154. The van der Waals surface area contributed by atoms with Gasteiger partial charge in [0, 0.05) is 17.5 Å². The van der Waals surface area contributed by atoms with Crippen molar-refractivity contribution in [3.63, 3.8) is 0 Å². The van der Waals surface area contributed by atoms with Crippen LogP contribution in [0, 0.1) is 17.6 Å². The van der Waals surface area contributed by atoms with Crippen molar-refractivity contribution < 1.29 is 23.0 Å².